The zero-order valence-electron chi connectivity index (χ0n) is 12.3. The molecule has 3 nitrogen and oxygen atoms in total. The lowest BCUT2D eigenvalue weighted by Crippen LogP contribution is -2.41. The van der Waals surface area contributed by atoms with Crippen LogP contribution in [-0.2, 0) is 9.84 Å². The lowest BCUT2D eigenvalue weighted by Gasteiger charge is -2.22. The van der Waals surface area contributed by atoms with Gasteiger partial charge in [0.25, 0.3) is 0 Å². The first kappa shape index (κ1) is 16.4. The zero-order valence-corrected chi connectivity index (χ0v) is 13.1. The Morgan fingerprint density at radius 2 is 2.00 bits per heavy atom. The van der Waals surface area contributed by atoms with Crippen molar-refractivity contribution in [2.45, 2.75) is 43.4 Å². The van der Waals surface area contributed by atoms with Gasteiger partial charge in [-0.05, 0) is 36.5 Å². The van der Waals surface area contributed by atoms with Crippen LogP contribution in [-0.4, -0.2) is 32.5 Å². The molecule has 0 amide bonds. The monoisotopic (exact) mass is 317 g/mol. The molecule has 6 heteroatoms. The molecule has 0 aromatic heterocycles. The Morgan fingerprint density at radius 3 is 2.62 bits per heavy atom. The number of hydrogen-bond donors (Lipinski definition) is 1. The van der Waals surface area contributed by atoms with E-state index in [0.717, 1.165) is 18.9 Å². The lowest BCUT2D eigenvalue weighted by molar-refractivity contribution is 0.483. The van der Waals surface area contributed by atoms with Crippen LogP contribution in [0.1, 0.15) is 37.7 Å². The van der Waals surface area contributed by atoms with Gasteiger partial charge in [0.15, 0.2) is 21.5 Å². The van der Waals surface area contributed by atoms with Crippen LogP contribution in [0.4, 0.5) is 8.78 Å². The summed E-state index contributed by atoms with van der Waals surface area (Å²) < 4.78 is 49.6. The molecule has 1 saturated carbocycles. The van der Waals surface area contributed by atoms with Gasteiger partial charge in [-0.1, -0.05) is 19.4 Å². The first-order valence-electron chi connectivity index (χ1n) is 7.16. The van der Waals surface area contributed by atoms with E-state index < -0.39 is 21.5 Å². The molecule has 1 fully saturated rings. The summed E-state index contributed by atoms with van der Waals surface area (Å²) in [6.07, 6.45) is 3.70. The largest absolute Gasteiger partial charge is 0.312 e. The highest BCUT2D eigenvalue weighted by Crippen LogP contribution is 2.26. The molecule has 0 radical (unpaired) electrons. The summed E-state index contributed by atoms with van der Waals surface area (Å²) in [5.74, 6) is -1.72. The maximum Gasteiger partial charge on any atom is 0.159 e. The molecule has 0 spiro atoms. The van der Waals surface area contributed by atoms with Gasteiger partial charge in [-0.2, -0.15) is 0 Å². The lowest BCUT2D eigenvalue weighted by atomic mass is 10.0. The van der Waals surface area contributed by atoms with Gasteiger partial charge < -0.3 is 5.32 Å². The van der Waals surface area contributed by atoms with Gasteiger partial charge in [-0.25, -0.2) is 17.2 Å². The van der Waals surface area contributed by atoms with Crippen LogP contribution in [0.2, 0.25) is 0 Å². The van der Waals surface area contributed by atoms with E-state index in [1.807, 2.05) is 6.92 Å². The number of hydrogen-bond acceptors (Lipinski definition) is 3. The van der Waals surface area contributed by atoms with Crippen molar-refractivity contribution in [2.24, 2.45) is 0 Å². The molecule has 0 bridgehead atoms. The zero-order chi connectivity index (χ0) is 15.6. The smallest absolute Gasteiger partial charge is 0.159 e. The van der Waals surface area contributed by atoms with E-state index in [0.29, 0.717) is 18.5 Å². The molecule has 1 aliphatic carbocycles. The van der Waals surface area contributed by atoms with Crippen LogP contribution < -0.4 is 5.32 Å². The van der Waals surface area contributed by atoms with Crippen LogP contribution >= 0.6 is 0 Å². The second-order valence-corrected chi connectivity index (χ2v) is 8.15. The van der Waals surface area contributed by atoms with Gasteiger partial charge in [-0.3, -0.25) is 0 Å². The van der Waals surface area contributed by atoms with Crippen LogP contribution in [0.25, 0.3) is 0 Å². The third-order valence-electron chi connectivity index (χ3n) is 4.20. The minimum atomic E-state index is -3.05. The maximum absolute atomic E-state index is 13.2. The van der Waals surface area contributed by atoms with Crippen LogP contribution in [0.3, 0.4) is 0 Å². The molecule has 1 aromatic rings. The van der Waals surface area contributed by atoms with Crippen LogP contribution in [0.5, 0.6) is 0 Å². The highest BCUT2D eigenvalue weighted by molar-refractivity contribution is 7.91. The van der Waals surface area contributed by atoms with E-state index in [9.17, 15) is 17.2 Å². The average Bonchev–Trinajstić information content (AvgIpc) is 2.87. The van der Waals surface area contributed by atoms with E-state index in [2.05, 4.69) is 5.32 Å². The Kier molecular flexibility index (Phi) is 4.99. The van der Waals surface area contributed by atoms with Gasteiger partial charge in [0.05, 0.1) is 5.25 Å². The summed E-state index contributed by atoms with van der Waals surface area (Å²) >= 11 is 0. The molecule has 0 saturated heterocycles. The summed E-state index contributed by atoms with van der Waals surface area (Å²) in [7, 11) is -3.05. The van der Waals surface area contributed by atoms with E-state index in [1.165, 1.54) is 12.3 Å². The third-order valence-corrected chi connectivity index (χ3v) is 5.87. The van der Waals surface area contributed by atoms with Gasteiger partial charge in [0.2, 0.25) is 0 Å². The molecule has 0 aliphatic heterocycles. The molecular weight excluding hydrogens is 296 g/mol. The van der Waals surface area contributed by atoms with Crippen molar-refractivity contribution in [3.63, 3.8) is 0 Å². The van der Waals surface area contributed by atoms with E-state index in [4.69, 9.17) is 0 Å². The summed E-state index contributed by atoms with van der Waals surface area (Å²) in [6.45, 7) is 2.45. The van der Waals surface area contributed by atoms with E-state index >= 15 is 0 Å². The number of halogens is 2. The Balaban J connectivity index is 1.97. The van der Waals surface area contributed by atoms with E-state index in [-0.39, 0.29) is 17.2 Å². The molecule has 21 heavy (non-hydrogen) atoms. The van der Waals surface area contributed by atoms with Gasteiger partial charge in [-0.15, -0.1) is 0 Å². The summed E-state index contributed by atoms with van der Waals surface area (Å²) in [4.78, 5) is 0. The quantitative estimate of drug-likeness (QED) is 0.908. The first-order chi connectivity index (χ1) is 9.79. The third kappa shape index (κ3) is 4.01. The summed E-state index contributed by atoms with van der Waals surface area (Å²) in [5.41, 5.74) is 0.704. The van der Waals surface area contributed by atoms with Gasteiger partial charge >= 0.3 is 0 Å². The van der Waals surface area contributed by atoms with Crippen molar-refractivity contribution in [3.8, 4) is 0 Å². The van der Waals surface area contributed by atoms with Crippen molar-refractivity contribution < 1.29 is 17.2 Å². The first-order valence-corrected chi connectivity index (χ1v) is 9.11. The van der Waals surface area contributed by atoms with Crippen molar-refractivity contribution in [1.82, 2.24) is 5.32 Å². The predicted molar refractivity (Wildman–Crippen MR) is 79.0 cm³/mol. The number of benzene rings is 1. The van der Waals surface area contributed by atoms with Gasteiger partial charge in [0.1, 0.15) is 0 Å². The Bertz CT molecular complexity index is 604. The normalized spacial score (nSPS) is 24.2. The minimum Gasteiger partial charge on any atom is -0.312 e. The summed E-state index contributed by atoms with van der Waals surface area (Å²) in [5, 5.41) is 2.94. The fraction of sp³-hybridized carbons (Fsp3) is 0.600. The second kappa shape index (κ2) is 6.40. The van der Waals surface area contributed by atoms with Crippen molar-refractivity contribution in [2.75, 3.05) is 12.8 Å². The standard InChI is InChI=1S/C15H21F2NO2S/c1-10(11-6-7-12(16)13(17)8-11)9-18-14-4-3-5-15(14)21(2,19)20/h6-8,10,14-15,18H,3-5,9H2,1-2H3/t10-,14-,15-/m1/s1. The maximum atomic E-state index is 13.2. The predicted octanol–water partition coefficient (Wildman–Crippen LogP) is 2.62. The van der Waals surface area contributed by atoms with Crippen molar-refractivity contribution in [1.29, 1.82) is 0 Å². The number of rotatable bonds is 5. The average molecular weight is 317 g/mol. The molecule has 118 valence electrons. The number of nitrogens with one attached hydrogen (secondary N) is 1. The molecule has 3 atom stereocenters. The fourth-order valence-electron chi connectivity index (χ4n) is 2.94. The van der Waals surface area contributed by atoms with Crippen LogP contribution in [0, 0.1) is 11.6 Å². The summed E-state index contributed by atoms with van der Waals surface area (Å²) in [6, 6.07) is 3.83. The Labute approximate surface area is 124 Å². The highest BCUT2D eigenvalue weighted by Gasteiger charge is 2.34. The molecule has 1 N–H and O–H groups in total. The Hall–Kier alpha value is -1.01. The molecular formula is C15H21F2NO2S. The van der Waals surface area contributed by atoms with E-state index in [1.54, 1.807) is 6.07 Å². The topological polar surface area (TPSA) is 46.2 Å². The van der Waals surface area contributed by atoms with Gasteiger partial charge in [0, 0.05) is 18.8 Å². The Morgan fingerprint density at radius 1 is 1.29 bits per heavy atom. The molecule has 1 aromatic carbocycles. The van der Waals surface area contributed by atoms with Crippen LogP contribution in [0.15, 0.2) is 18.2 Å². The van der Waals surface area contributed by atoms with Crippen molar-refractivity contribution in [3.05, 3.63) is 35.4 Å². The molecule has 0 heterocycles. The minimum absolute atomic E-state index is 0.0130. The fourth-order valence-corrected chi connectivity index (χ4v) is 4.36. The SMILES string of the molecule is C[C@H](CN[C@@H]1CCC[C@H]1S(C)(=O)=O)c1ccc(F)c(F)c1. The highest BCUT2D eigenvalue weighted by atomic mass is 32.2. The second-order valence-electron chi connectivity index (χ2n) is 5.89. The molecule has 2 rings (SSSR count). The van der Waals surface area contributed by atoms with Crippen molar-refractivity contribution >= 4 is 9.84 Å². The molecule has 1 aliphatic rings. The molecule has 0 unspecified atom stereocenters. The number of sulfone groups is 1.